The van der Waals surface area contributed by atoms with Gasteiger partial charge in [-0.3, -0.25) is 0 Å². The van der Waals surface area contributed by atoms with E-state index in [9.17, 15) is 0 Å². The molecule has 0 amide bonds. The van der Waals surface area contributed by atoms with Gasteiger partial charge in [-0.25, -0.2) is 0 Å². The molecule has 0 aromatic heterocycles. The average molecular weight is 234 g/mol. The maximum Gasteiger partial charge on any atom is 0.0138 e. The summed E-state index contributed by atoms with van der Waals surface area (Å²) in [5.41, 5.74) is 0. The molecule has 0 aromatic rings. The van der Waals surface area contributed by atoms with Gasteiger partial charge in [-0.15, -0.1) is 0 Å². The first-order valence-electron chi connectivity index (χ1n) is 7.52. The van der Waals surface area contributed by atoms with Gasteiger partial charge in [-0.05, 0) is 63.6 Å². The molecule has 3 atom stereocenters. The summed E-state index contributed by atoms with van der Waals surface area (Å²) in [7, 11) is 0. The Bertz CT molecular complexity index is 279. The first kappa shape index (κ1) is 11.7. The Labute approximate surface area is 105 Å². The molecule has 1 heterocycles. The zero-order valence-corrected chi connectivity index (χ0v) is 11.1. The molecule has 3 aliphatic rings. The maximum atomic E-state index is 3.91. The molecule has 1 saturated carbocycles. The van der Waals surface area contributed by atoms with Gasteiger partial charge in [-0.2, -0.15) is 0 Å². The monoisotopic (exact) mass is 234 g/mol. The third kappa shape index (κ3) is 2.43. The van der Waals surface area contributed by atoms with E-state index in [1.54, 1.807) is 0 Å². The second-order valence-corrected chi connectivity index (χ2v) is 6.13. The molecular weight excluding hydrogens is 208 g/mol. The largest absolute Gasteiger partial charge is 0.311 e. The Morgan fingerprint density at radius 1 is 1.29 bits per heavy atom. The number of hydrogen-bond donors (Lipinski definition) is 1. The lowest BCUT2D eigenvalue weighted by Crippen LogP contribution is -2.54. The number of rotatable bonds is 4. The van der Waals surface area contributed by atoms with Crippen LogP contribution in [0.1, 0.15) is 39.0 Å². The molecule has 1 N–H and O–H groups in total. The summed E-state index contributed by atoms with van der Waals surface area (Å²) in [5, 5.41) is 3.91. The predicted molar refractivity (Wildman–Crippen MR) is 72.0 cm³/mol. The van der Waals surface area contributed by atoms with Crippen molar-refractivity contribution in [1.82, 2.24) is 10.2 Å². The van der Waals surface area contributed by atoms with Crippen LogP contribution >= 0.6 is 0 Å². The summed E-state index contributed by atoms with van der Waals surface area (Å²) in [6.45, 7) is 6.19. The Morgan fingerprint density at radius 2 is 2.12 bits per heavy atom. The molecule has 1 saturated heterocycles. The van der Waals surface area contributed by atoms with E-state index in [0.717, 1.165) is 23.9 Å². The van der Waals surface area contributed by atoms with Crippen molar-refractivity contribution in [2.45, 2.75) is 51.1 Å². The number of hydrogen-bond acceptors (Lipinski definition) is 2. The molecule has 0 spiro atoms. The normalized spacial score (nSPS) is 38.1. The Kier molecular flexibility index (Phi) is 3.53. The molecule has 2 heteroatoms. The standard InChI is InChI=1S/C15H26N2/c1-2-8-17-9-6-13(7-10-17)16-15-11-12-4-3-5-14(12)15/h3,5,12-16H,2,4,6-11H2,1H3. The van der Waals surface area contributed by atoms with E-state index in [4.69, 9.17) is 0 Å². The number of allylic oxidation sites excluding steroid dienone is 1. The second kappa shape index (κ2) is 5.11. The van der Waals surface area contributed by atoms with E-state index in [-0.39, 0.29) is 0 Å². The van der Waals surface area contributed by atoms with E-state index in [1.165, 1.54) is 51.7 Å². The van der Waals surface area contributed by atoms with Crippen molar-refractivity contribution in [2.75, 3.05) is 19.6 Å². The van der Waals surface area contributed by atoms with Crippen molar-refractivity contribution in [1.29, 1.82) is 0 Å². The molecule has 1 aliphatic heterocycles. The minimum atomic E-state index is 0.794. The Morgan fingerprint density at radius 3 is 2.82 bits per heavy atom. The highest BCUT2D eigenvalue weighted by Gasteiger charge is 2.41. The quantitative estimate of drug-likeness (QED) is 0.752. The number of piperidine rings is 1. The third-order valence-corrected chi connectivity index (χ3v) is 4.94. The van der Waals surface area contributed by atoms with Gasteiger partial charge in [0.25, 0.3) is 0 Å². The van der Waals surface area contributed by atoms with Crippen molar-refractivity contribution in [2.24, 2.45) is 11.8 Å². The third-order valence-electron chi connectivity index (χ3n) is 4.94. The molecule has 17 heavy (non-hydrogen) atoms. The van der Waals surface area contributed by atoms with Gasteiger partial charge in [0.05, 0.1) is 0 Å². The lowest BCUT2D eigenvalue weighted by molar-refractivity contribution is 0.122. The maximum absolute atomic E-state index is 3.91. The van der Waals surface area contributed by atoms with Gasteiger partial charge in [-0.1, -0.05) is 19.1 Å². The van der Waals surface area contributed by atoms with Crippen LogP contribution in [-0.4, -0.2) is 36.6 Å². The van der Waals surface area contributed by atoms with Gasteiger partial charge in [0.15, 0.2) is 0 Å². The Hall–Kier alpha value is -0.340. The Balaban J connectivity index is 1.41. The minimum absolute atomic E-state index is 0.794. The van der Waals surface area contributed by atoms with E-state index in [2.05, 4.69) is 29.3 Å². The number of nitrogens with one attached hydrogen (secondary N) is 1. The molecule has 0 radical (unpaired) electrons. The highest BCUT2D eigenvalue weighted by Crippen LogP contribution is 2.43. The van der Waals surface area contributed by atoms with E-state index in [1.807, 2.05) is 0 Å². The SMILES string of the molecule is CCCN1CCC(NC2CC3CC=CC32)CC1. The van der Waals surface area contributed by atoms with Gasteiger partial charge in [0.1, 0.15) is 0 Å². The van der Waals surface area contributed by atoms with Gasteiger partial charge in [0.2, 0.25) is 0 Å². The van der Waals surface area contributed by atoms with Crippen molar-refractivity contribution in [3.05, 3.63) is 12.2 Å². The van der Waals surface area contributed by atoms with Crippen molar-refractivity contribution < 1.29 is 0 Å². The fourth-order valence-corrected chi connectivity index (χ4v) is 3.85. The van der Waals surface area contributed by atoms with Crippen LogP contribution in [0.4, 0.5) is 0 Å². The minimum Gasteiger partial charge on any atom is -0.311 e. The average Bonchev–Trinajstić information content (AvgIpc) is 2.70. The molecule has 2 aliphatic carbocycles. The van der Waals surface area contributed by atoms with Crippen LogP contribution in [0.15, 0.2) is 12.2 Å². The van der Waals surface area contributed by atoms with Crippen molar-refractivity contribution >= 4 is 0 Å². The summed E-state index contributed by atoms with van der Waals surface area (Å²) in [6, 6.07) is 1.60. The number of fused-ring (bicyclic) bond motifs is 1. The molecule has 2 nitrogen and oxygen atoms in total. The second-order valence-electron chi connectivity index (χ2n) is 6.13. The van der Waals surface area contributed by atoms with Gasteiger partial charge < -0.3 is 10.2 Å². The van der Waals surface area contributed by atoms with E-state index < -0.39 is 0 Å². The van der Waals surface area contributed by atoms with Crippen LogP contribution in [0.2, 0.25) is 0 Å². The van der Waals surface area contributed by atoms with Crippen LogP contribution in [0.25, 0.3) is 0 Å². The predicted octanol–water partition coefficient (Wildman–Crippen LogP) is 2.42. The fraction of sp³-hybridized carbons (Fsp3) is 0.867. The summed E-state index contributed by atoms with van der Waals surface area (Å²) in [4.78, 5) is 2.62. The lowest BCUT2D eigenvalue weighted by atomic mass is 9.71. The zero-order valence-electron chi connectivity index (χ0n) is 11.1. The first-order valence-corrected chi connectivity index (χ1v) is 7.52. The first-order chi connectivity index (χ1) is 8.36. The topological polar surface area (TPSA) is 15.3 Å². The van der Waals surface area contributed by atoms with Crippen molar-refractivity contribution in [3.8, 4) is 0 Å². The molecule has 0 bridgehead atoms. The zero-order chi connectivity index (χ0) is 11.7. The van der Waals surface area contributed by atoms with E-state index >= 15 is 0 Å². The molecule has 3 rings (SSSR count). The van der Waals surface area contributed by atoms with Gasteiger partial charge >= 0.3 is 0 Å². The molecule has 96 valence electrons. The van der Waals surface area contributed by atoms with E-state index in [0.29, 0.717) is 0 Å². The molecule has 2 fully saturated rings. The lowest BCUT2D eigenvalue weighted by Gasteiger charge is -2.44. The number of likely N-dealkylation sites (tertiary alicyclic amines) is 1. The van der Waals surface area contributed by atoms with Crippen LogP contribution in [0.5, 0.6) is 0 Å². The van der Waals surface area contributed by atoms with Crippen LogP contribution in [0.3, 0.4) is 0 Å². The smallest absolute Gasteiger partial charge is 0.0138 e. The summed E-state index contributed by atoms with van der Waals surface area (Å²) in [5.74, 6) is 1.87. The fourth-order valence-electron chi connectivity index (χ4n) is 3.85. The summed E-state index contributed by atoms with van der Waals surface area (Å²) in [6.07, 6.45) is 11.6. The highest BCUT2D eigenvalue weighted by molar-refractivity contribution is 5.13. The van der Waals surface area contributed by atoms with Gasteiger partial charge in [0, 0.05) is 12.1 Å². The summed E-state index contributed by atoms with van der Waals surface area (Å²) < 4.78 is 0. The van der Waals surface area contributed by atoms with Crippen molar-refractivity contribution in [3.63, 3.8) is 0 Å². The highest BCUT2D eigenvalue weighted by atomic mass is 15.1. The number of nitrogens with zero attached hydrogens (tertiary/aromatic N) is 1. The van der Waals surface area contributed by atoms with Crippen LogP contribution in [0, 0.1) is 11.8 Å². The molecular formula is C15H26N2. The van der Waals surface area contributed by atoms with Crippen LogP contribution < -0.4 is 5.32 Å². The summed E-state index contributed by atoms with van der Waals surface area (Å²) >= 11 is 0. The molecule has 0 aromatic carbocycles. The molecule has 3 unspecified atom stereocenters. The van der Waals surface area contributed by atoms with Crippen LogP contribution in [-0.2, 0) is 0 Å².